The predicted molar refractivity (Wildman–Crippen MR) is 93.8 cm³/mol. The van der Waals surface area contributed by atoms with Crippen LogP contribution < -0.4 is 9.62 Å². The summed E-state index contributed by atoms with van der Waals surface area (Å²) in [7, 11) is -3.53. The van der Waals surface area contributed by atoms with Crippen molar-refractivity contribution in [3.05, 3.63) is 48.0 Å². The van der Waals surface area contributed by atoms with Crippen molar-refractivity contribution in [1.82, 2.24) is 4.72 Å². The Kier molecular flexibility index (Phi) is 3.94. The molecule has 1 N–H and O–H groups in total. The molecule has 1 aromatic carbocycles. The summed E-state index contributed by atoms with van der Waals surface area (Å²) in [5.41, 5.74) is 1.17. The van der Waals surface area contributed by atoms with Gasteiger partial charge in [0.15, 0.2) is 0 Å². The molecule has 5 nitrogen and oxygen atoms in total. The quantitative estimate of drug-likeness (QED) is 0.889. The Morgan fingerprint density at radius 2 is 1.92 bits per heavy atom. The highest BCUT2D eigenvalue weighted by Gasteiger charge is 2.41. The zero-order valence-corrected chi connectivity index (χ0v) is 14.6. The molecule has 2 heterocycles. The number of hydrogen-bond donors (Lipinski definition) is 1. The lowest BCUT2D eigenvalue weighted by Gasteiger charge is -2.12. The molecule has 1 saturated heterocycles. The molecule has 2 atom stereocenters. The maximum Gasteiger partial charge on any atom is 0.250 e. The molecule has 0 spiro atoms. The summed E-state index contributed by atoms with van der Waals surface area (Å²) < 4.78 is 28.2. The monoisotopic (exact) mass is 362 g/mol. The van der Waals surface area contributed by atoms with Crippen LogP contribution in [0.15, 0.2) is 46.7 Å². The molecule has 2 aliphatic rings. The molecule has 0 unspecified atom stereocenters. The van der Waals surface area contributed by atoms with Crippen LogP contribution in [0.4, 0.5) is 5.00 Å². The summed E-state index contributed by atoms with van der Waals surface area (Å²) in [6.07, 6.45) is 2.20. The molecule has 1 aliphatic carbocycles. The van der Waals surface area contributed by atoms with E-state index in [0.29, 0.717) is 18.0 Å². The summed E-state index contributed by atoms with van der Waals surface area (Å²) in [5.74, 6) is 0.320. The number of carbonyl (C=O) groups excluding carboxylic acids is 1. The summed E-state index contributed by atoms with van der Waals surface area (Å²) >= 11 is 1.16. The van der Waals surface area contributed by atoms with Crippen LogP contribution in [0.3, 0.4) is 0 Å². The average Bonchev–Trinajstić information content (AvgIpc) is 2.97. The summed E-state index contributed by atoms with van der Waals surface area (Å²) in [4.78, 5) is 13.5. The van der Waals surface area contributed by atoms with Crippen LogP contribution >= 0.6 is 11.3 Å². The van der Waals surface area contributed by atoms with Crippen LogP contribution in [0.2, 0.25) is 0 Å². The van der Waals surface area contributed by atoms with Crippen LogP contribution in [0, 0.1) is 0 Å². The van der Waals surface area contributed by atoms with Crippen molar-refractivity contribution in [2.75, 3.05) is 11.4 Å². The van der Waals surface area contributed by atoms with E-state index >= 15 is 0 Å². The van der Waals surface area contributed by atoms with Gasteiger partial charge in [-0.15, -0.1) is 11.3 Å². The number of nitrogens with one attached hydrogen (secondary N) is 1. The second-order valence-electron chi connectivity index (χ2n) is 6.22. The van der Waals surface area contributed by atoms with Gasteiger partial charge in [0.1, 0.15) is 4.21 Å². The largest absolute Gasteiger partial charge is 0.304 e. The summed E-state index contributed by atoms with van der Waals surface area (Å²) in [6, 6.07) is 13.2. The number of rotatable bonds is 5. The van der Waals surface area contributed by atoms with E-state index in [4.69, 9.17) is 0 Å². The first-order valence-corrected chi connectivity index (χ1v) is 10.3. The highest BCUT2D eigenvalue weighted by Crippen LogP contribution is 2.42. The molecular formula is C17H18N2O3S2. The minimum absolute atomic E-state index is 0.0450. The van der Waals surface area contributed by atoms with E-state index in [2.05, 4.69) is 4.72 Å². The van der Waals surface area contributed by atoms with Gasteiger partial charge in [0.25, 0.3) is 0 Å². The second-order valence-corrected chi connectivity index (χ2v) is 9.23. The Morgan fingerprint density at radius 1 is 1.12 bits per heavy atom. The normalized spacial score (nSPS) is 23.7. The van der Waals surface area contributed by atoms with Gasteiger partial charge in [-0.2, -0.15) is 0 Å². The van der Waals surface area contributed by atoms with Gasteiger partial charge in [-0.3, -0.25) is 4.79 Å². The number of amides is 1. The Labute approximate surface area is 145 Å². The van der Waals surface area contributed by atoms with Gasteiger partial charge in [0.2, 0.25) is 15.9 Å². The number of sulfonamides is 1. The Bertz CT molecular complexity index is 861. The molecule has 4 rings (SSSR count). The molecule has 7 heteroatoms. The molecule has 1 aliphatic heterocycles. The SMILES string of the molecule is O=C1CCCN1c1ccc(S(=O)(=O)N[C@H]2C[C@@H]2c2ccccc2)s1. The molecule has 1 saturated carbocycles. The maximum absolute atomic E-state index is 12.6. The molecule has 2 fully saturated rings. The fraction of sp³-hybridized carbons (Fsp3) is 0.353. The Balaban J connectivity index is 1.46. The van der Waals surface area contributed by atoms with E-state index in [1.165, 1.54) is 5.56 Å². The Morgan fingerprint density at radius 3 is 2.62 bits per heavy atom. The van der Waals surface area contributed by atoms with Crippen LogP contribution in [0.5, 0.6) is 0 Å². The van der Waals surface area contributed by atoms with Crippen molar-refractivity contribution in [2.45, 2.75) is 35.4 Å². The topological polar surface area (TPSA) is 66.5 Å². The number of carbonyl (C=O) groups is 1. The third kappa shape index (κ3) is 2.99. The highest BCUT2D eigenvalue weighted by molar-refractivity contribution is 7.91. The van der Waals surface area contributed by atoms with Gasteiger partial charge >= 0.3 is 0 Å². The predicted octanol–water partition coefficient (Wildman–Crippen LogP) is 2.71. The zero-order chi connectivity index (χ0) is 16.7. The summed E-state index contributed by atoms with van der Waals surface area (Å²) in [5, 5.41) is 0.716. The zero-order valence-electron chi connectivity index (χ0n) is 13.0. The van der Waals surface area contributed by atoms with Crippen molar-refractivity contribution in [3.63, 3.8) is 0 Å². The van der Waals surface area contributed by atoms with Gasteiger partial charge in [0, 0.05) is 24.9 Å². The van der Waals surface area contributed by atoms with Gasteiger partial charge in [-0.05, 0) is 30.5 Å². The van der Waals surface area contributed by atoms with E-state index in [1.807, 2.05) is 30.3 Å². The number of thiophene rings is 1. The van der Waals surface area contributed by atoms with Crippen molar-refractivity contribution in [2.24, 2.45) is 0 Å². The standard InChI is InChI=1S/C17H18N2O3S2/c20-15-7-4-10-19(15)16-8-9-17(23-16)24(21,22)18-14-11-13(14)12-5-2-1-3-6-12/h1-3,5-6,8-9,13-14,18H,4,7,10-11H2/t13-,14+/m1/s1. The molecule has 0 bridgehead atoms. The van der Waals surface area contributed by atoms with E-state index in [0.717, 1.165) is 24.2 Å². The van der Waals surface area contributed by atoms with E-state index < -0.39 is 10.0 Å². The Hall–Kier alpha value is -1.70. The van der Waals surface area contributed by atoms with Crippen LogP contribution in [-0.2, 0) is 14.8 Å². The minimum Gasteiger partial charge on any atom is -0.304 e. The number of nitrogens with zero attached hydrogens (tertiary/aromatic N) is 1. The van der Waals surface area contributed by atoms with E-state index in [-0.39, 0.29) is 22.1 Å². The third-order valence-electron chi connectivity index (χ3n) is 4.50. The second kappa shape index (κ2) is 5.98. The molecule has 1 amide bonds. The van der Waals surface area contributed by atoms with Crippen LogP contribution in [0.25, 0.3) is 0 Å². The fourth-order valence-corrected chi connectivity index (χ4v) is 5.78. The van der Waals surface area contributed by atoms with E-state index in [1.54, 1.807) is 17.0 Å². The smallest absolute Gasteiger partial charge is 0.250 e. The first-order valence-electron chi connectivity index (χ1n) is 8.02. The lowest BCUT2D eigenvalue weighted by Crippen LogP contribution is -2.26. The first kappa shape index (κ1) is 15.8. The van der Waals surface area contributed by atoms with Crippen molar-refractivity contribution in [1.29, 1.82) is 0 Å². The molecule has 1 aromatic heterocycles. The van der Waals surface area contributed by atoms with Crippen LogP contribution in [-0.4, -0.2) is 26.9 Å². The van der Waals surface area contributed by atoms with Crippen molar-refractivity contribution in [3.8, 4) is 0 Å². The number of anilines is 1. The maximum atomic E-state index is 12.6. The van der Waals surface area contributed by atoms with Crippen molar-refractivity contribution < 1.29 is 13.2 Å². The van der Waals surface area contributed by atoms with Gasteiger partial charge in [-0.25, -0.2) is 13.1 Å². The number of benzene rings is 1. The minimum atomic E-state index is -3.53. The molecule has 2 aromatic rings. The lowest BCUT2D eigenvalue weighted by atomic mass is 10.1. The van der Waals surface area contributed by atoms with Gasteiger partial charge < -0.3 is 4.90 Å². The molecule has 0 radical (unpaired) electrons. The van der Waals surface area contributed by atoms with Gasteiger partial charge in [0.05, 0.1) is 5.00 Å². The lowest BCUT2D eigenvalue weighted by molar-refractivity contribution is -0.117. The highest BCUT2D eigenvalue weighted by atomic mass is 32.2. The molecule has 126 valence electrons. The van der Waals surface area contributed by atoms with Crippen LogP contribution in [0.1, 0.15) is 30.7 Å². The number of hydrogen-bond acceptors (Lipinski definition) is 4. The summed E-state index contributed by atoms with van der Waals surface area (Å²) in [6.45, 7) is 0.672. The fourth-order valence-electron chi connectivity index (χ4n) is 3.13. The van der Waals surface area contributed by atoms with Gasteiger partial charge in [-0.1, -0.05) is 30.3 Å². The van der Waals surface area contributed by atoms with E-state index in [9.17, 15) is 13.2 Å². The average molecular weight is 362 g/mol. The molecular weight excluding hydrogens is 344 g/mol. The van der Waals surface area contributed by atoms with Crippen molar-refractivity contribution >= 4 is 32.3 Å². The molecule has 24 heavy (non-hydrogen) atoms. The first-order chi connectivity index (χ1) is 11.5. The third-order valence-corrected chi connectivity index (χ3v) is 7.59.